The predicted molar refractivity (Wildman–Crippen MR) is 103 cm³/mol. The number of nitrogens with two attached hydrogens (primary N) is 1. The fraction of sp³-hybridized carbons (Fsp3) is 0.474. The first kappa shape index (κ1) is 18.9. The highest BCUT2D eigenvalue weighted by Crippen LogP contribution is 2.28. The van der Waals surface area contributed by atoms with E-state index in [4.69, 9.17) is 22.1 Å². The van der Waals surface area contributed by atoms with Crippen molar-refractivity contribution in [2.24, 2.45) is 0 Å². The molecule has 2 heterocycles. The number of β-amino-alcohol motifs (C(OH)–C–C–N with tert-alkyl or cyclic N) is 1. The van der Waals surface area contributed by atoms with Gasteiger partial charge in [-0.25, -0.2) is 9.97 Å². The van der Waals surface area contributed by atoms with Crippen molar-refractivity contribution in [1.82, 2.24) is 14.9 Å². The molecule has 1 unspecified atom stereocenters. The Morgan fingerprint density at radius 3 is 2.46 bits per heavy atom. The second-order valence-electron chi connectivity index (χ2n) is 6.69. The monoisotopic (exact) mass is 376 g/mol. The quantitative estimate of drug-likeness (QED) is 0.806. The van der Waals surface area contributed by atoms with Crippen molar-refractivity contribution in [3.8, 4) is 16.9 Å². The number of rotatable bonds is 6. The smallest absolute Gasteiger partial charge is 0.219 e. The van der Waals surface area contributed by atoms with Crippen LogP contribution in [0.2, 0.25) is 5.02 Å². The second kappa shape index (κ2) is 9.16. The lowest BCUT2D eigenvalue weighted by Crippen LogP contribution is -2.36. The minimum absolute atomic E-state index is 0.226. The van der Waals surface area contributed by atoms with Crippen molar-refractivity contribution in [1.29, 1.82) is 0 Å². The summed E-state index contributed by atoms with van der Waals surface area (Å²) in [5, 5.41) is 10.9. The molecule has 0 spiro atoms. The number of nitrogens with zero attached hydrogens (tertiary/aromatic N) is 3. The van der Waals surface area contributed by atoms with Gasteiger partial charge >= 0.3 is 0 Å². The summed E-state index contributed by atoms with van der Waals surface area (Å²) in [5.74, 6) is 0.836. The molecule has 7 heteroatoms. The molecule has 1 aromatic heterocycles. The maximum absolute atomic E-state index is 10.3. The van der Waals surface area contributed by atoms with Gasteiger partial charge < -0.3 is 20.5 Å². The van der Waals surface area contributed by atoms with Gasteiger partial charge in [0.15, 0.2) is 0 Å². The highest BCUT2D eigenvalue weighted by molar-refractivity contribution is 6.31. The average Bonchev–Trinajstić information content (AvgIpc) is 2.89. The summed E-state index contributed by atoms with van der Waals surface area (Å²) in [4.78, 5) is 10.3. The van der Waals surface area contributed by atoms with Gasteiger partial charge in [0.05, 0.1) is 0 Å². The summed E-state index contributed by atoms with van der Waals surface area (Å²) < 4.78 is 5.78. The number of benzene rings is 1. The van der Waals surface area contributed by atoms with Crippen LogP contribution in [0.1, 0.15) is 25.7 Å². The van der Waals surface area contributed by atoms with Gasteiger partial charge in [0, 0.05) is 29.5 Å². The van der Waals surface area contributed by atoms with E-state index < -0.39 is 6.10 Å². The zero-order chi connectivity index (χ0) is 18.4. The molecule has 6 nitrogen and oxygen atoms in total. The third-order valence-corrected chi connectivity index (χ3v) is 4.70. The normalized spacial score (nSPS) is 16.8. The Kier molecular flexibility index (Phi) is 6.66. The number of ether oxygens (including phenoxy) is 1. The molecule has 0 saturated carbocycles. The first-order chi connectivity index (χ1) is 12.6. The number of anilines is 1. The van der Waals surface area contributed by atoms with Crippen LogP contribution in [0, 0.1) is 0 Å². The zero-order valence-corrected chi connectivity index (χ0v) is 15.5. The number of likely N-dealkylation sites (tertiary alicyclic amines) is 1. The summed E-state index contributed by atoms with van der Waals surface area (Å²) in [6.45, 7) is 2.97. The third kappa shape index (κ3) is 5.56. The van der Waals surface area contributed by atoms with Gasteiger partial charge in [0.1, 0.15) is 18.5 Å². The standard InChI is InChI=1S/C19H25ClN4O2/c20-16-7-14(15-10-22-19(21)23-11-15)8-18(9-16)26-13-17(25)12-24-5-3-1-2-4-6-24/h7-11,17,25H,1-6,12-13H2,(H2,21,22,23). The van der Waals surface area contributed by atoms with E-state index in [2.05, 4.69) is 14.9 Å². The molecule has 3 N–H and O–H groups in total. The van der Waals surface area contributed by atoms with Gasteiger partial charge in [0.25, 0.3) is 0 Å². The van der Waals surface area contributed by atoms with Gasteiger partial charge in [-0.2, -0.15) is 0 Å². The fourth-order valence-electron chi connectivity index (χ4n) is 3.16. The number of hydrogen-bond donors (Lipinski definition) is 2. The maximum Gasteiger partial charge on any atom is 0.219 e. The first-order valence-corrected chi connectivity index (χ1v) is 9.39. The molecule has 0 amide bonds. The van der Waals surface area contributed by atoms with E-state index in [1.807, 2.05) is 12.1 Å². The average molecular weight is 377 g/mol. The fourth-order valence-corrected chi connectivity index (χ4v) is 3.39. The van der Waals surface area contributed by atoms with Gasteiger partial charge in [-0.3, -0.25) is 0 Å². The van der Waals surface area contributed by atoms with Crippen LogP contribution in [0.4, 0.5) is 5.95 Å². The molecule has 1 fully saturated rings. The number of aliphatic hydroxyl groups is 1. The lowest BCUT2D eigenvalue weighted by Gasteiger charge is -2.23. The van der Waals surface area contributed by atoms with Crippen molar-refractivity contribution in [3.05, 3.63) is 35.6 Å². The van der Waals surface area contributed by atoms with E-state index >= 15 is 0 Å². The minimum atomic E-state index is -0.532. The van der Waals surface area contributed by atoms with Crippen LogP contribution in [-0.2, 0) is 0 Å². The Balaban J connectivity index is 1.59. The molecular weight excluding hydrogens is 352 g/mol. The molecule has 26 heavy (non-hydrogen) atoms. The molecule has 0 aliphatic carbocycles. The summed E-state index contributed by atoms with van der Waals surface area (Å²) in [5.41, 5.74) is 7.17. The number of aliphatic hydroxyl groups excluding tert-OH is 1. The minimum Gasteiger partial charge on any atom is -0.491 e. The third-order valence-electron chi connectivity index (χ3n) is 4.49. The van der Waals surface area contributed by atoms with Crippen LogP contribution < -0.4 is 10.5 Å². The van der Waals surface area contributed by atoms with Crippen LogP contribution >= 0.6 is 11.6 Å². The number of halogens is 1. The van der Waals surface area contributed by atoms with E-state index in [1.165, 1.54) is 25.7 Å². The number of hydrogen-bond acceptors (Lipinski definition) is 6. The Labute approximate surface area is 159 Å². The van der Waals surface area contributed by atoms with Crippen LogP contribution in [0.15, 0.2) is 30.6 Å². The molecular formula is C19H25ClN4O2. The molecule has 3 rings (SSSR count). The lowest BCUT2D eigenvalue weighted by atomic mass is 10.1. The molecule has 0 bridgehead atoms. The molecule has 1 atom stereocenters. The largest absolute Gasteiger partial charge is 0.491 e. The second-order valence-corrected chi connectivity index (χ2v) is 7.12. The van der Waals surface area contributed by atoms with Crippen molar-refractivity contribution < 1.29 is 9.84 Å². The van der Waals surface area contributed by atoms with Crippen molar-refractivity contribution in [2.45, 2.75) is 31.8 Å². The van der Waals surface area contributed by atoms with Crippen LogP contribution in [-0.4, -0.2) is 52.3 Å². The highest BCUT2D eigenvalue weighted by atomic mass is 35.5. The van der Waals surface area contributed by atoms with Crippen LogP contribution in [0.25, 0.3) is 11.1 Å². The zero-order valence-electron chi connectivity index (χ0n) is 14.8. The van der Waals surface area contributed by atoms with Gasteiger partial charge in [-0.15, -0.1) is 0 Å². The van der Waals surface area contributed by atoms with Crippen molar-refractivity contribution in [2.75, 3.05) is 32.0 Å². The maximum atomic E-state index is 10.3. The van der Waals surface area contributed by atoms with Crippen LogP contribution in [0.3, 0.4) is 0 Å². The summed E-state index contributed by atoms with van der Waals surface area (Å²) in [7, 11) is 0. The Bertz CT molecular complexity index is 703. The van der Waals surface area contributed by atoms with Crippen LogP contribution in [0.5, 0.6) is 5.75 Å². The Hall–Kier alpha value is -1.89. The SMILES string of the molecule is Nc1ncc(-c2cc(Cl)cc(OCC(O)CN3CCCCCC3)c2)cn1. The first-order valence-electron chi connectivity index (χ1n) is 9.02. The molecule has 2 aromatic rings. The number of aromatic nitrogens is 2. The van der Waals surface area contributed by atoms with Crippen molar-refractivity contribution >= 4 is 17.5 Å². The Morgan fingerprint density at radius 1 is 1.08 bits per heavy atom. The van der Waals surface area contributed by atoms with Gasteiger partial charge in [-0.1, -0.05) is 24.4 Å². The van der Waals surface area contributed by atoms with Gasteiger partial charge in [0.2, 0.25) is 5.95 Å². The molecule has 140 valence electrons. The van der Waals surface area contributed by atoms with E-state index in [9.17, 15) is 5.11 Å². The molecule has 1 aliphatic heterocycles. The number of nitrogen functional groups attached to an aromatic ring is 1. The lowest BCUT2D eigenvalue weighted by molar-refractivity contribution is 0.0694. The summed E-state index contributed by atoms with van der Waals surface area (Å²) in [6.07, 6.45) is 7.73. The van der Waals surface area contributed by atoms with E-state index in [-0.39, 0.29) is 12.6 Å². The highest BCUT2D eigenvalue weighted by Gasteiger charge is 2.14. The Morgan fingerprint density at radius 2 is 1.77 bits per heavy atom. The molecule has 1 saturated heterocycles. The summed E-state index contributed by atoms with van der Waals surface area (Å²) >= 11 is 6.20. The van der Waals surface area contributed by atoms with E-state index in [0.717, 1.165) is 24.2 Å². The van der Waals surface area contributed by atoms with Gasteiger partial charge in [-0.05, 0) is 49.7 Å². The topological polar surface area (TPSA) is 84.5 Å². The van der Waals surface area contributed by atoms with E-state index in [0.29, 0.717) is 17.3 Å². The predicted octanol–water partition coefficient (Wildman–Crippen LogP) is 2.99. The summed E-state index contributed by atoms with van der Waals surface area (Å²) in [6, 6.07) is 5.41. The van der Waals surface area contributed by atoms with Crippen molar-refractivity contribution in [3.63, 3.8) is 0 Å². The molecule has 1 aromatic carbocycles. The molecule has 0 radical (unpaired) electrons. The molecule has 1 aliphatic rings. The van der Waals surface area contributed by atoms with E-state index in [1.54, 1.807) is 18.5 Å².